The molecule has 1 saturated heterocycles. The number of nitrogens with zero attached hydrogens (tertiary/aromatic N) is 3. The Hall–Kier alpha value is -3.19. The Morgan fingerprint density at radius 3 is 2.55 bits per heavy atom. The molecule has 1 fully saturated rings. The number of anilines is 1. The van der Waals surface area contributed by atoms with E-state index in [1.54, 1.807) is 13.0 Å². The van der Waals surface area contributed by atoms with Crippen LogP contribution in [0.5, 0.6) is 0 Å². The second kappa shape index (κ2) is 8.89. The predicted octanol–water partition coefficient (Wildman–Crippen LogP) is 4.03. The molecule has 0 saturated carbocycles. The van der Waals surface area contributed by atoms with Crippen molar-refractivity contribution in [2.24, 2.45) is 0 Å². The molecule has 6 nitrogen and oxygen atoms in total. The first-order chi connectivity index (χ1) is 14.9. The topological polar surface area (TPSA) is 61.6 Å². The van der Waals surface area contributed by atoms with Crippen molar-refractivity contribution < 1.29 is 13.6 Å². The van der Waals surface area contributed by atoms with E-state index in [9.17, 15) is 9.18 Å². The van der Waals surface area contributed by atoms with Crippen LogP contribution in [0.2, 0.25) is 0 Å². The number of aromatic nitrogens is 1. The van der Waals surface area contributed by atoms with E-state index in [-0.39, 0.29) is 17.4 Å². The number of halogens is 1. The van der Waals surface area contributed by atoms with Crippen LogP contribution < -0.4 is 10.2 Å². The number of nitrogens with one attached hydrogen (secondary N) is 1. The van der Waals surface area contributed by atoms with Crippen molar-refractivity contribution in [1.29, 1.82) is 0 Å². The summed E-state index contributed by atoms with van der Waals surface area (Å²) in [6, 6.07) is 13.8. The minimum absolute atomic E-state index is 0.239. The highest BCUT2D eigenvalue weighted by Gasteiger charge is 2.24. The van der Waals surface area contributed by atoms with E-state index >= 15 is 0 Å². The van der Waals surface area contributed by atoms with Gasteiger partial charge in [0.2, 0.25) is 5.89 Å². The molecule has 1 atom stereocenters. The van der Waals surface area contributed by atoms with Gasteiger partial charge in [-0.05, 0) is 51.2 Å². The SMILES string of the molecule is Cc1oc(-c2ccccc2)nc1C(=O)NC(C)c1cc(F)ccc1N1CCN(C)CC1. The van der Waals surface area contributed by atoms with Gasteiger partial charge in [-0.25, -0.2) is 9.37 Å². The summed E-state index contributed by atoms with van der Waals surface area (Å²) >= 11 is 0. The molecular weight excluding hydrogens is 395 g/mol. The molecule has 2 heterocycles. The van der Waals surface area contributed by atoms with E-state index < -0.39 is 6.04 Å². The Bertz CT molecular complexity index is 1060. The maximum atomic E-state index is 14.1. The van der Waals surface area contributed by atoms with Gasteiger partial charge < -0.3 is 19.5 Å². The molecule has 0 spiro atoms. The summed E-state index contributed by atoms with van der Waals surface area (Å²) < 4.78 is 19.8. The summed E-state index contributed by atoms with van der Waals surface area (Å²) in [5.41, 5.74) is 2.75. The number of hydrogen-bond donors (Lipinski definition) is 1. The zero-order valence-electron chi connectivity index (χ0n) is 18.1. The molecule has 0 bridgehead atoms. The number of oxazole rings is 1. The van der Waals surface area contributed by atoms with Gasteiger partial charge in [0, 0.05) is 43.0 Å². The van der Waals surface area contributed by atoms with Crippen LogP contribution in [0.25, 0.3) is 11.5 Å². The Morgan fingerprint density at radius 2 is 1.84 bits per heavy atom. The largest absolute Gasteiger partial charge is 0.441 e. The van der Waals surface area contributed by atoms with Crippen LogP contribution in [0.3, 0.4) is 0 Å². The van der Waals surface area contributed by atoms with Crippen LogP contribution in [0.4, 0.5) is 10.1 Å². The first-order valence-corrected chi connectivity index (χ1v) is 10.5. The third-order valence-corrected chi connectivity index (χ3v) is 5.68. The first-order valence-electron chi connectivity index (χ1n) is 10.5. The lowest BCUT2D eigenvalue weighted by Gasteiger charge is -2.36. The standard InChI is InChI=1S/C24H27FN4O2/c1-16(20-15-19(25)9-10-21(20)29-13-11-28(3)12-14-29)26-23(30)22-17(2)31-24(27-22)18-7-5-4-6-8-18/h4-10,15-16H,11-14H2,1-3H3,(H,26,30). The number of likely N-dealkylation sites (N-methyl/N-ethyl adjacent to an activating group) is 1. The summed E-state index contributed by atoms with van der Waals surface area (Å²) in [5, 5.41) is 2.97. The molecule has 31 heavy (non-hydrogen) atoms. The van der Waals surface area contributed by atoms with Crippen LogP contribution >= 0.6 is 0 Å². The lowest BCUT2D eigenvalue weighted by Crippen LogP contribution is -2.45. The predicted molar refractivity (Wildman–Crippen MR) is 119 cm³/mol. The molecule has 1 unspecified atom stereocenters. The van der Waals surface area contributed by atoms with Crippen LogP contribution in [-0.2, 0) is 0 Å². The number of carbonyl (C=O) groups is 1. The molecule has 1 aliphatic rings. The van der Waals surface area contributed by atoms with Crippen LogP contribution in [0.1, 0.15) is 34.8 Å². The second-order valence-electron chi connectivity index (χ2n) is 7.98. The third-order valence-electron chi connectivity index (χ3n) is 5.68. The minimum atomic E-state index is -0.394. The number of hydrogen-bond acceptors (Lipinski definition) is 5. The number of piperazine rings is 1. The lowest BCUT2D eigenvalue weighted by atomic mass is 10.0. The molecule has 2 aromatic carbocycles. The van der Waals surface area contributed by atoms with E-state index in [4.69, 9.17) is 4.42 Å². The molecule has 4 rings (SSSR count). The van der Waals surface area contributed by atoms with Crippen molar-refractivity contribution >= 4 is 11.6 Å². The average molecular weight is 423 g/mol. The lowest BCUT2D eigenvalue weighted by molar-refractivity contribution is 0.0934. The molecule has 162 valence electrons. The number of rotatable bonds is 5. The highest BCUT2D eigenvalue weighted by Crippen LogP contribution is 2.29. The average Bonchev–Trinajstić information content (AvgIpc) is 3.17. The van der Waals surface area contributed by atoms with Crippen LogP contribution in [-0.4, -0.2) is 49.0 Å². The van der Waals surface area contributed by atoms with Gasteiger partial charge in [-0.2, -0.15) is 0 Å². The first kappa shape index (κ1) is 21.1. The Balaban J connectivity index is 1.55. The number of aryl methyl sites for hydroxylation is 1. The molecular formula is C24H27FN4O2. The summed E-state index contributed by atoms with van der Waals surface area (Å²) in [6.45, 7) is 7.18. The van der Waals surface area contributed by atoms with Gasteiger partial charge in [0.05, 0.1) is 6.04 Å². The number of carbonyl (C=O) groups excluding carboxylic acids is 1. The molecule has 1 N–H and O–H groups in total. The van der Waals surface area contributed by atoms with Crippen molar-refractivity contribution in [2.45, 2.75) is 19.9 Å². The van der Waals surface area contributed by atoms with E-state index in [1.807, 2.05) is 37.3 Å². The van der Waals surface area contributed by atoms with Crippen molar-refractivity contribution in [2.75, 3.05) is 38.1 Å². The Morgan fingerprint density at radius 1 is 1.13 bits per heavy atom. The van der Waals surface area contributed by atoms with Gasteiger partial charge in [0.25, 0.3) is 5.91 Å². The maximum absolute atomic E-state index is 14.1. The van der Waals surface area contributed by atoms with Crippen molar-refractivity contribution in [3.8, 4) is 11.5 Å². The smallest absolute Gasteiger partial charge is 0.274 e. The van der Waals surface area contributed by atoms with Gasteiger partial charge in [-0.1, -0.05) is 18.2 Å². The summed E-state index contributed by atoms with van der Waals surface area (Å²) in [4.78, 5) is 21.9. The fraction of sp³-hybridized carbons (Fsp3) is 0.333. The summed E-state index contributed by atoms with van der Waals surface area (Å²) in [6.07, 6.45) is 0. The van der Waals surface area contributed by atoms with Gasteiger partial charge in [-0.15, -0.1) is 0 Å². The normalized spacial score (nSPS) is 15.7. The van der Waals surface area contributed by atoms with Crippen LogP contribution in [0.15, 0.2) is 52.9 Å². The molecule has 0 radical (unpaired) electrons. The molecule has 1 amide bonds. The molecule has 1 aromatic heterocycles. The van der Waals surface area contributed by atoms with Crippen LogP contribution in [0, 0.1) is 12.7 Å². The van der Waals surface area contributed by atoms with Gasteiger partial charge in [0.1, 0.15) is 11.6 Å². The fourth-order valence-corrected chi connectivity index (χ4v) is 3.86. The zero-order chi connectivity index (χ0) is 22.0. The molecule has 7 heteroatoms. The van der Waals surface area contributed by atoms with Crippen molar-refractivity contribution in [1.82, 2.24) is 15.2 Å². The molecule has 0 aliphatic carbocycles. The zero-order valence-corrected chi connectivity index (χ0v) is 18.1. The van der Waals surface area contributed by atoms with E-state index in [0.29, 0.717) is 11.7 Å². The highest BCUT2D eigenvalue weighted by molar-refractivity contribution is 5.94. The number of benzene rings is 2. The highest BCUT2D eigenvalue weighted by atomic mass is 19.1. The van der Waals surface area contributed by atoms with E-state index in [0.717, 1.165) is 43.0 Å². The quantitative estimate of drug-likeness (QED) is 0.673. The second-order valence-corrected chi connectivity index (χ2v) is 7.98. The third kappa shape index (κ3) is 4.61. The van der Waals surface area contributed by atoms with Crippen molar-refractivity contribution in [3.63, 3.8) is 0 Å². The molecule has 1 aliphatic heterocycles. The van der Waals surface area contributed by atoms with Gasteiger partial charge in [-0.3, -0.25) is 4.79 Å². The summed E-state index contributed by atoms with van der Waals surface area (Å²) in [5.74, 6) is 0.185. The van der Waals surface area contributed by atoms with Gasteiger partial charge >= 0.3 is 0 Å². The summed E-state index contributed by atoms with van der Waals surface area (Å²) in [7, 11) is 2.09. The Kier molecular flexibility index (Phi) is 6.04. The monoisotopic (exact) mass is 422 g/mol. The van der Waals surface area contributed by atoms with E-state index in [2.05, 4.69) is 27.1 Å². The van der Waals surface area contributed by atoms with E-state index in [1.165, 1.54) is 12.1 Å². The Labute approximate surface area is 181 Å². The molecule has 3 aromatic rings. The maximum Gasteiger partial charge on any atom is 0.274 e. The fourth-order valence-electron chi connectivity index (χ4n) is 3.86. The van der Waals surface area contributed by atoms with Crippen molar-refractivity contribution in [3.05, 3.63) is 71.4 Å². The number of amides is 1. The van der Waals surface area contributed by atoms with Gasteiger partial charge in [0.15, 0.2) is 5.69 Å². The minimum Gasteiger partial charge on any atom is -0.441 e.